The van der Waals surface area contributed by atoms with Gasteiger partial charge < -0.3 is 14.2 Å². The zero-order chi connectivity index (χ0) is 17.4. The summed E-state index contributed by atoms with van der Waals surface area (Å²) in [6.07, 6.45) is 0.110. The number of rotatable bonds is 8. The van der Waals surface area contributed by atoms with Crippen molar-refractivity contribution in [3.8, 4) is 11.5 Å². The maximum atomic E-state index is 11.7. The Morgan fingerprint density at radius 3 is 2.25 bits per heavy atom. The van der Waals surface area contributed by atoms with Crippen molar-refractivity contribution in [3.05, 3.63) is 64.2 Å². The van der Waals surface area contributed by atoms with Crippen LogP contribution < -0.4 is 9.47 Å². The van der Waals surface area contributed by atoms with Gasteiger partial charge in [-0.3, -0.25) is 14.9 Å². The molecular formula is C17H17NO6. The van der Waals surface area contributed by atoms with Crippen molar-refractivity contribution in [2.24, 2.45) is 0 Å². The Morgan fingerprint density at radius 2 is 1.67 bits per heavy atom. The molecule has 0 aliphatic heterocycles. The first-order chi connectivity index (χ1) is 11.6. The smallest absolute Gasteiger partial charge is 0.309 e. The molecule has 2 aromatic rings. The number of non-ortho nitro benzene ring substituents is 1. The van der Waals surface area contributed by atoms with Crippen LogP contribution in [0.2, 0.25) is 0 Å². The zero-order valence-electron chi connectivity index (χ0n) is 13.1. The van der Waals surface area contributed by atoms with Gasteiger partial charge in [0.2, 0.25) is 0 Å². The van der Waals surface area contributed by atoms with Gasteiger partial charge in [-0.1, -0.05) is 0 Å². The molecule has 126 valence electrons. The average molecular weight is 331 g/mol. The Balaban J connectivity index is 1.70. The first-order valence-corrected chi connectivity index (χ1v) is 7.24. The number of carbonyl (C=O) groups excluding carboxylic acids is 1. The van der Waals surface area contributed by atoms with Crippen molar-refractivity contribution in [1.29, 1.82) is 0 Å². The number of esters is 1. The molecule has 0 saturated carbocycles. The van der Waals surface area contributed by atoms with Crippen LogP contribution in [0.3, 0.4) is 0 Å². The van der Waals surface area contributed by atoms with E-state index in [1.165, 1.54) is 12.1 Å². The second-order valence-corrected chi connectivity index (χ2v) is 4.86. The zero-order valence-corrected chi connectivity index (χ0v) is 13.1. The number of hydrogen-bond acceptors (Lipinski definition) is 6. The molecule has 2 aromatic carbocycles. The molecule has 24 heavy (non-hydrogen) atoms. The third-order valence-corrected chi connectivity index (χ3v) is 3.18. The van der Waals surface area contributed by atoms with Crippen LogP contribution in [-0.4, -0.2) is 24.6 Å². The van der Waals surface area contributed by atoms with E-state index in [-0.39, 0.29) is 25.3 Å². The van der Waals surface area contributed by atoms with Gasteiger partial charge in [-0.15, -0.1) is 0 Å². The fraction of sp³-hybridized carbons (Fsp3) is 0.235. The summed E-state index contributed by atoms with van der Waals surface area (Å²) in [6.45, 7) is 0.269. The van der Waals surface area contributed by atoms with E-state index in [9.17, 15) is 14.9 Å². The highest BCUT2D eigenvalue weighted by Gasteiger charge is 2.07. The molecule has 0 radical (unpaired) electrons. The molecule has 0 atom stereocenters. The van der Waals surface area contributed by atoms with E-state index in [4.69, 9.17) is 14.2 Å². The molecule has 0 heterocycles. The standard InChI is InChI=1S/C17H17NO6/c1-22-15-6-8-16(9-7-15)23-11-10-17(19)24-12-13-2-4-14(5-3-13)18(20)21/h2-9H,10-12H2,1H3. The van der Waals surface area contributed by atoms with E-state index in [1.807, 2.05) is 0 Å². The normalized spacial score (nSPS) is 10.0. The predicted molar refractivity (Wildman–Crippen MR) is 86.0 cm³/mol. The van der Waals surface area contributed by atoms with Gasteiger partial charge in [0.25, 0.3) is 5.69 Å². The molecule has 0 saturated heterocycles. The molecular weight excluding hydrogens is 314 g/mol. The van der Waals surface area contributed by atoms with E-state index in [1.54, 1.807) is 43.5 Å². The van der Waals surface area contributed by atoms with Crippen LogP contribution in [0.15, 0.2) is 48.5 Å². The largest absolute Gasteiger partial charge is 0.497 e. The molecule has 0 aromatic heterocycles. The maximum absolute atomic E-state index is 11.7. The highest BCUT2D eigenvalue weighted by Crippen LogP contribution is 2.17. The van der Waals surface area contributed by atoms with Gasteiger partial charge in [-0.2, -0.15) is 0 Å². The fourth-order valence-corrected chi connectivity index (χ4v) is 1.87. The van der Waals surface area contributed by atoms with Crippen LogP contribution in [0, 0.1) is 10.1 Å². The van der Waals surface area contributed by atoms with Gasteiger partial charge >= 0.3 is 5.97 Å². The van der Waals surface area contributed by atoms with E-state index in [0.717, 1.165) is 5.75 Å². The third-order valence-electron chi connectivity index (χ3n) is 3.18. The molecule has 2 rings (SSSR count). The van der Waals surface area contributed by atoms with Gasteiger partial charge in [-0.05, 0) is 42.0 Å². The summed E-state index contributed by atoms with van der Waals surface area (Å²) in [6, 6.07) is 12.9. The van der Waals surface area contributed by atoms with Crippen LogP contribution in [0.4, 0.5) is 5.69 Å². The highest BCUT2D eigenvalue weighted by molar-refractivity contribution is 5.69. The number of benzene rings is 2. The lowest BCUT2D eigenvalue weighted by atomic mass is 10.2. The first kappa shape index (κ1) is 17.3. The Hall–Kier alpha value is -3.09. The monoisotopic (exact) mass is 331 g/mol. The lowest BCUT2D eigenvalue weighted by molar-refractivity contribution is -0.384. The molecule has 0 fully saturated rings. The molecule has 0 spiro atoms. The third kappa shape index (κ3) is 5.28. The Bertz CT molecular complexity index is 681. The molecule has 0 bridgehead atoms. The minimum absolute atomic E-state index is 0.00188. The van der Waals surface area contributed by atoms with Crippen molar-refractivity contribution in [3.63, 3.8) is 0 Å². The summed E-state index contributed by atoms with van der Waals surface area (Å²) >= 11 is 0. The Morgan fingerprint density at radius 1 is 1.04 bits per heavy atom. The lowest BCUT2D eigenvalue weighted by Crippen LogP contribution is -2.10. The van der Waals surface area contributed by atoms with Crippen LogP contribution >= 0.6 is 0 Å². The molecule has 7 nitrogen and oxygen atoms in total. The number of nitro benzene ring substituents is 1. The number of carbonyl (C=O) groups is 1. The van der Waals surface area contributed by atoms with Crippen molar-refractivity contribution >= 4 is 11.7 Å². The first-order valence-electron chi connectivity index (χ1n) is 7.24. The second kappa shape index (κ2) is 8.52. The fourth-order valence-electron chi connectivity index (χ4n) is 1.87. The number of nitrogens with zero attached hydrogens (tertiary/aromatic N) is 1. The summed E-state index contributed by atoms with van der Waals surface area (Å²) in [5, 5.41) is 10.5. The topological polar surface area (TPSA) is 87.9 Å². The van der Waals surface area contributed by atoms with Crippen LogP contribution in [-0.2, 0) is 16.1 Å². The number of ether oxygens (including phenoxy) is 3. The lowest BCUT2D eigenvalue weighted by Gasteiger charge is -2.07. The summed E-state index contributed by atoms with van der Waals surface area (Å²) < 4.78 is 15.6. The quantitative estimate of drug-likeness (QED) is 0.419. The van der Waals surface area contributed by atoms with E-state index in [0.29, 0.717) is 11.3 Å². The minimum atomic E-state index is -0.480. The molecule has 7 heteroatoms. The number of methoxy groups -OCH3 is 1. The van der Waals surface area contributed by atoms with Crippen molar-refractivity contribution in [1.82, 2.24) is 0 Å². The second-order valence-electron chi connectivity index (χ2n) is 4.86. The van der Waals surface area contributed by atoms with Crippen LogP contribution in [0.5, 0.6) is 11.5 Å². The van der Waals surface area contributed by atoms with E-state index < -0.39 is 10.9 Å². The van der Waals surface area contributed by atoms with Crippen LogP contribution in [0.25, 0.3) is 0 Å². The minimum Gasteiger partial charge on any atom is -0.497 e. The van der Waals surface area contributed by atoms with Gasteiger partial charge in [0, 0.05) is 12.1 Å². The van der Waals surface area contributed by atoms with Crippen molar-refractivity contribution in [2.75, 3.05) is 13.7 Å². The number of nitro groups is 1. The van der Waals surface area contributed by atoms with E-state index in [2.05, 4.69) is 0 Å². The number of hydrogen-bond donors (Lipinski definition) is 0. The Labute approximate surface area is 138 Å². The summed E-state index contributed by atoms with van der Waals surface area (Å²) in [7, 11) is 1.58. The molecule has 0 aliphatic rings. The van der Waals surface area contributed by atoms with Crippen LogP contribution in [0.1, 0.15) is 12.0 Å². The van der Waals surface area contributed by atoms with Crippen molar-refractivity contribution < 1.29 is 23.9 Å². The molecule has 0 unspecified atom stereocenters. The molecule has 0 aliphatic carbocycles. The van der Waals surface area contributed by atoms with Gasteiger partial charge in [0.15, 0.2) is 0 Å². The maximum Gasteiger partial charge on any atom is 0.309 e. The predicted octanol–water partition coefficient (Wildman–Crippen LogP) is 3.12. The summed E-state index contributed by atoms with van der Waals surface area (Å²) in [5.41, 5.74) is 0.683. The van der Waals surface area contributed by atoms with Crippen molar-refractivity contribution in [2.45, 2.75) is 13.0 Å². The summed E-state index contributed by atoms with van der Waals surface area (Å²) in [5.74, 6) is 0.964. The van der Waals surface area contributed by atoms with Gasteiger partial charge in [0.05, 0.1) is 25.1 Å². The molecule has 0 N–H and O–H groups in total. The SMILES string of the molecule is COc1ccc(OCCC(=O)OCc2ccc([N+](=O)[O-])cc2)cc1. The summed E-state index contributed by atoms with van der Waals surface area (Å²) in [4.78, 5) is 21.7. The van der Waals surface area contributed by atoms with Gasteiger partial charge in [-0.25, -0.2) is 0 Å². The average Bonchev–Trinajstić information content (AvgIpc) is 2.61. The van der Waals surface area contributed by atoms with E-state index >= 15 is 0 Å². The Kier molecular flexibility index (Phi) is 6.13. The van der Waals surface area contributed by atoms with Gasteiger partial charge in [0.1, 0.15) is 18.1 Å². The molecule has 0 amide bonds. The highest BCUT2D eigenvalue weighted by atomic mass is 16.6.